The highest BCUT2D eigenvalue weighted by Crippen LogP contribution is 2.39. The molecule has 1 aromatic carbocycles. The highest BCUT2D eigenvalue weighted by Gasteiger charge is 2.36. The molecule has 2 heterocycles. The molecular weight excluding hydrogens is 300 g/mol. The van der Waals surface area contributed by atoms with Crippen LogP contribution in [0.4, 0.5) is 4.79 Å². The van der Waals surface area contributed by atoms with E-state index in [1.165, 1.54) is 16.6 Å². The lowest BCUT2D eigenvalue weighted by atomic mass is 9.90. The number of hydrogen-bond acceptors (Lipinski definition) is 2. The van der Waals surface area contributed by atoms with Crippen molar-refractivity contribution in [3.8, 4) is 0 Å². The first kappa shape index (κ1) is 16.9. The quantitative estimate of drug-likeness (QED) is 0.838. The summed E-state index contributed by atoms with van der Waals surface area (Å²) in [6.45, 7) is 10.9. The van der Waals surface area contributed by atoms with Crippen molar-refractivity contribution in [2.75, 3.05) is 6.54 Å². The molecule has 0 fully saturated rings. The number of nitrogens with zero attached hydrogens (tertiary/aromatic N) is 1. The van der Waals surface area contributed by atoms with E-state index in [4.69, 9.17) is 4.74 Å². The number of para-hydroxylation sites is 1. The topological polar surface area (TPSA) is 45.3 Å². The van der Waals surface area contributed by atoms with Crippen LogP contribution in [-0.4, -0.2) is 28.1 Å². The minimum atomic E-state index is -0.472. The average Bonchev–Trinajstić information content (AvgIpc) is 2.83. The predicted molar refractivity (Wildman–Crippen MR) is 97.1 cm³/mol. The second-order valence-corrected chi connectivity index (χ2v) is 8.13. The van der Waals surface area contributed by atoms with Crippen LogP contribution in [0.25, 0.3) is 10.9 Å². The molecule has 1 aliphatic heterocycles. The van der Waals surface area contributed by atoms with Gasteiger partial charge < -0.3 is 14.6 Å². The lowest BCUT2D eigenvalue weighted by Crippen LogP contribution is -2.43. The number of rotatable bonds is 2. The van der Waals surface area contributed by atoms with Crippen LogP contribution in [0, 0.1) is 5.92 Å². The number of amides is 1. The lowest BCUT2D eigenvalue weighted by molar-refractivity contribution is 0.0121. The highest BCUT2D eigenvalue weighted by molar-refractivity contribution is 5.86. The standard InChI is InChI=1S/C20H28N2O2/c1-13(2)12-17-18-14-8-6-7-9-15(14)21-16(18)10-11-22(17)19(23)24-20(3,4)5/h6-9,13,17,21H,10-12H2,1-5H3/t17-/m0/s1. The number of nitrogens with one attached hydrogen (secondary N) is 1. The van der Waals surface area contributed by atoms with Crippen LogP contribution in [0.5, 0.6) is 0 Å². The number of benzene rings is 1. The third kappa shape index (κ3) is 3.28. The van der Waals surface area contributed by atoms with Gasteiger partial charge in [0.1, 0.15) is 5.60 Å². The van der Waals surface area contributed by atoms with Gasteiger partial charge in [0.2, 0.25) is 0 Å². The first-order valence-corrected chi connectivity index (χ1v) is 8.85. The molecule has 1 N–H and O–H groups in total. The summed E-state index contributed by atoms with van der Waals surface area (Å²) >= 11 is 0. The number of aromatic amines is 1. The zero-order valence-electron chi connectivity index (χ0n) is 15.3. The van der Waals surface area contributed by atoms with Gasteiger partial charge in [-0.1, -0.05) is 32.0 Å². The largest absolute Gasteiger partial charge is 0.444 e. The summed E-state index contributed by atoms with van der Waals surface area (Å²) in [6, 6.07) is 8.44. The molecule has 0 bridgehead atoms. The van der Waals surface area contributed by atoms with Crippen LogP contribution < -0.4 is 0 Å². The first-order chi connectivity index (χ1) is 11.3. The third-order valence-corrected chi connectivity index (χ3v) is 4.46. The average molecular weight is 328 g/mol. The number of hydrogen-bond donors (Lipinski definition) is 1. The van der Waals surface area contributed by atoms with Crippen LogP contribution >= 0.6 is 0 Å². The number of ether oxygens (including phenoxy) is 1. The van der Waals surface area contributed by atoms with E-state index in [9.17, 15) is 4.79 Å². The van der Waals surface area contributed by atoms with E-state index in [1.54, 1.807) is 0 Å². The Labute approximate surface area is 144 Å². The molecule has 4 heteroatoms. The minimum absolute atomic E-state index is 0.0692. The Balaban J connectivity index is 2.02. The molecule has 130 valence electrons. The lowest BCUT2D eigenvalue weighted by Gasteiger charge is -2.38. The van der Waals surface area contributed by atoms with Crippen molar-refractivity contribution in [2.24, 2.45) is 5.92 Å². The van der Waals surface area contributed by atoms with E-state index in [1.807, 2.05) is 31.7 Å². The molecule has 0 saturated heterocycles. The van der Waals surface area contributed by atoms with Gasteiger partial charge in [-0.3, -0.25) is 0 Å². The predicted octanol–water partition coefficient (Wildman–Crippen LogP) is 5.05. The molecule has 0 radical (unpaired) electrons. The van der Waals surface area contributed by atoms with E-state index in [0.29, 0.717) is 12.5 Å². The monoisotopic (exact) mass is 328 g/mol. The van der Waals surface area contributed by atoms with Gasteiger partial charge in [-0.2, -0.15) is 0 Å². The van der Waals surface area contributed by atoms with Gasteiger partial charge in [-0.25, -0.2) is 4.79 Å². The zero-order chi connectivity index (χ0) is 17.5. The van der Waals surface area contributed by atoms with E-state index in [2.05, 4.69) is 37.0 Å². The van der Waals surface area contributed by atoms with Crippen LogP contribution in [0.3, 0.4) is 0 Å². The summed E-state index contributed by atoms with van der Waals surface area (Å²) < 4.78 is 5.67. The maximum absolute atomic E-state index is 12.8. The second-order valence-electron chi connectivity index (χ2n) is 8.13. The smallest absolute Gasteiger partial charge is 0.410 e. The fourth-order valence-electron chi connectivity index (χ4n) is 3.57. The van der Waals surface area contributed by atoms with Gasteiger partial charge in [-0.05, 0) is 39.2 Å². The van der Waals surface area contributed by atoms with Crippen molar-refractivity contribution in [3.05, 3.63) is 35.5 Å². The van der Waals surface area contributed by atoms with Gasteiger partial charge in [0.25, 0.3) is 0 Å². The molecule has 0 unspecified atom stereocenters. The zero-order valence-corrected chi connectivity index (χ0v) is 15.3. The molecule has 0 spiro atoms. The minimum Gasteiger partial charge on any atom is -0.444 e. The second kappa shape index (κ2) is 6.15. The first-order valence-electron chi connectivity index (χ1n) is 8.85. The van der Waals surface area contributed by atoms with Crippen molar-refractivity contribution >= 4 is 17.0 Å². The van der Waals surface area contributed by atoms with Crippen LogP contribution in [-0.2, 0) is 11.2 Å². The van der Waals surface area contributed by atoms with E-state index in [-0.39, 0.29) is 12.1 Å². The normalized spacial score (nSPS) is 18.1. The van der Waals surface area contributed by atoms with Gasteiger partial charge in [0, 0.05) is 35.1 Å². The summed E-state index contributed by atoms with van der Waals surface area (Å²) in [5.74, 6) is 0.500. The maximum atomic E-state index is 12.8. The molecule has 0 aliphatic carbocycles. The Morgan fingerprint density at radius 2 is 2.04 bits per heavy atom. The van der Waals surface area contributed by atoms with Crippen molar-refractivity contribution in [1.29, 1.82) is 0 Å². The molecule has 4 nitrogen and oxygen atoms in total. The van der Waals surface area contributed by atoms with Crippen molar-refractivity contribution in [2.45, 2.75) is 59.1 Å². The van der Waals surface area contributed by atoms with Gasteiger partial charge in [-0.15, -0.1) is 0 Å². The van der Waals surface area contributed by atoms with Gasteiger partial charge in [0.15, 0.2) is 0 Å². The summed E-state index contributed by atoms with van der Waals surface area (Å²) in [5, 5.41) is 1.23. The Morgan fingerprint density at radius 3 is 2.71 bits per heavy atom. The Morgan fingerprint density at radius 1 is 1.33 bits per heavy atom. The Hall–Kier alpha value is -1.97. The summed E-state index contributed by atoms with van der Waals surface area (Å²) in [5.41, 5.74) is 3.22. The molecule has 1 aromatic heterocycles. The molecule has 0 saturated carbocycles. The Bertz CT molecular complexity index is 740. The van der Waals surface area contributed by atoms with Crippen molar-refractivity contribution in [1.82, 2.24) is 9.88 Å². The molecule has 1 aliphatic rings. The van der Waals surface area contributed by atoms with Crippen molar-refractivity contribution < 1.29 is 9.53 Å². The number of H-pyrrole nitrogens is 1. The third-order valence-electron chi connectivity index (χ3n) is 4.46. The maximum Gasteiger partial charge on any atom is 0.410 e. The van der Waals surface area contributed by atoms with Gasteiger partial charge >= 0.3 is 6.09 Å². The number of fused-ring (bicyclic) bond motifs is 3. The number of aromatic nitrogens is 1. The van der Waals surface area contributed by atoms with E-state index >= 15 is 0 Å². The summed E-state index contributed by atoms with van der Waals surface area (Å²) in [4.78, 5) is 18.2. The molecule has 1 amide bonds. The van der Waals surface area contributed by atoms with Crippen LogP contribution in [0.15, 0.2) is 24.3 Å². The van der Waals surface area contributed by atoms with E-state index < -0.39 is 5.60 Å². The van der Waals surface area contributed by atoms with Crippen LogP contribution in [0.1, 0.15) is 58.3 Å². The fourth-order valence-corrected chi connectivity index (χ4v) is 3.57. The van der Waals surface area contributed by atoms with Gasteiger partial charge in [0.05, 0.1) is 6.04 Å². The summed E-state index contributed by atoms with van der Waals surface area (Å²) in [6.07, 6.45) is 1.58. The van der Waals surface area contributed by atoms with E-state index in [0.717, 1.165) is 18.4 Å². The molecule has 1 atom stereocenters. The van der Waals surface area contributed by atoms with Crippen molar-refractivity contribution in [3.63, 3.8) is 0 Å². The molecule has 2 aromatic rings. The van der Waals surface area contributed by atoms with Crippen LogP contribution in [0.2, 0.25) is 0 Å². The fraction of sp³-hybridized carbons (Fsp3) is 0.550. The molecule has 24 heavy (non-hydrogen) atoms. The SMILES string of the molecule is CC(C)C[C@H]1c2c([nH]c3ccccc23)CCN1C(=O)OC(C)(C)C. The Kier molecular flexibility index (Phi) is 4.33. The highest BCUT2D eigenvalue weighted by atomic mass is 16.6. The number of carbonyl (C=O) groups is 1. The number of carbonyl (C=O) groups excluding carboxylic acids is 1. The summed E-state index contributed by atoms with van der Waals surface area (Å²) in [7, 11) is 0. The molecular formula is C20H28N2O2. The molecule has 3 rings (SSSR count).